The molecule has 106 valence electrons. The minimum absolute atomic E-state index is 0.0188. The van der Waals surface area contributed by atoms with E-state index in [1.165, 1.54) is 18.8 Å². The van der Waals surface area contributed by atoms with Crippen LogP contribution in [0, 0.1) is 5.92 Å². The second kappa shape index (κ2) is 5.83. The Morgan fingerprint density at radius 1 is 1.26 bits per heavy atom. The van der Waals surface area contributed by atoms with Crippen molar-refractivity contribution in [2.24, 2.45) is 5.92 Å². The molecule has 3 N–H and O–H groups in total. The Labute approximate surface area is 113 Å². The third-order valence-electron chi connectivity index (χ3n) is 3.70. The van der Waals surface area contributed by atoms with Crippen LogP contribution in [0.15, 0.2) is 17.3 Å². The zero-order valence-corrected chi connectivity index (χ0v) is 11.9. The molecule has 0 saturated heterocycles. The molecule has 1 saturated carbocycles. The van der Waals surface area contributed by atoms with E-state index in [4.69, 9.17) is 5.73 Å². The van der Waals surface area contributed by atoms with Crippen LogP contribution >= 0.6 is 0 Å². The van der Waals surface area contributed by atoms with E-state index in [1.807, 2.05) is 0 Å². The van der Waals surface area contributed by atoms with E-state index >= 15 is 0 Å². The van der Waals surface area contributed by atoms with Gasteiger partial charge in [0.1, 0.15) is 4.90 Å². The van der Waals surface area contributed by atoms with Crippen LogP contribution in [0.25, 0.3) is 0 Å². The smallest absolute Gasteiger partial charge is 0.243 e. The van der Waals surface area contributed by atoms with Gasteiger partial charge in [-0.05, 0) is 31.6 Å². The number of nitrogen functional groups attached to an aromatic ring is 1. The third kappa shape index (κ3) is 3.63. The van der Waals surface area contributed by atoms with E-state index < -0.39 is 10.0 Å². The van der Waals surface area contributed by atoms with E-state index in [0.29, 0.717) is 0 Å². The fraction of sp³-hybridized carbons (Fsp3) is 0.667. The first-order valence-electron chi connectivity index (χ1n) is 6.61. The molecule has 0 atom stereocenters. The molecule has 0 aliphatic heterocycles. The standard InChI is InChI=1S/C12H20N4O2S/c1-2-9-3-5-10(6-4-9)16-19(17,18)11-7-14-12(13)15-8-11/h7-10,16H,2-6H2,1H3,(H2,13,14,15). The highest BCUT2D eigenvalue weighted by Crippen LogP contribution is 2.27. The summed E-state index contributed by atoms with van der Waals surface area (Å²) < 4.78 is 27.0. The van der Waals surface area contributed by atoms with Gasteiger partial charge in [-0.1, -0.05) is 13.3 Å². The summed E-state index contributed by atoms with van der Waals surface area (Å²) in [6, 6.07) is 0.0188. The number of nitrogens with zero attached hydrogens (tertiary/aromatic N) is 2. The molecule has 19 heavy (non-hydrogen) atoms. The molecular weight excluding hydrogens is 264 g/mol. The predicted octanol–water partition coefficient (Wildman–Crippen LogP) is 1.31. The van der Waals surface area contributed by atoms with Gasteiger partial charge in [-0.25, -0.2) is 23.1 Å². The highest BCUT2D eigenvalue weighted by Gasteiger charge is 2.25. The number of sulfonamides is 1. The van der Waals surface area contributed by atoms with Gasteiger partial charge in [0.2, 0.25) is 16.0 Å². The van der Waals surface area contributed by atoms with Gasteiger partial charge in [-0.15, -0.1) is 0 Å². The minimum Gasteiger partial charge on any atom is -0.368 e. The first-order valence-corrected chi connectivity index (χ1v) is 8.09. The summed E-state index contributed by atoms with van der Waals surface area (Å²) in [7, 11) is -3.53. The van der Waals surface area contributed by atoms with Gasteiger partial charge in [0, 0.05) is 6.04 Å². The van der Waals surface area contributed by atoms with Crippen LogP contribution in [0.3, 0.4) is 0 Å². The van der Waals surface area contributed by atoms with Crippen LogP contribution < -0.4 is 10.5 Å². The van der Waals surface area contributed by atoms with Crippen molar-refractivity contribution >= 4 is 16.0 Å². The average Bonchev–Trinajstić information content (AvgIpc) is 2.40. The van der Waals surface area contributed by atoms with Crippen molar-refractivity contribution in [2.45, 2.75) is 50.0 Å². The summed E-state index contributed by atoms with van der Waals surface area (Å²) >= 11 is 0. The molecule has 0 aromatic carbocycles. The lowest BCUT2D eigenvalue weighted by molar-refractivity contribution is 0.306. The molecular formula is C12H20N4O2S. The first kappa shape index (κ1) is 14.2. The lowest BCUT2D eigenvalue weighted by Crippen LogP contribution is -2.37. The fourth-order valence-corrected chi connectivity index (χ4v) is 3.63. The fourth-order valence-electron chi connectivity index (χ4n) is 2.44. The van der Waals surface area contributed by atoms with E-state index in [1.54, 1.807) is 0 Å². The maximum atomic E-state index is 12.1. The topological polar surface area (TPSA) is 98.0 Å². The van der Waals surface area contributed by atoms with Gasteiger partial charge < -0.3 is 5.73 Å². The third-order valence-corrected chi connectivity index (χ3v) is 5.18. The first-order chi connectivity index (χ1) is 9.01. The molecule has 1 aromatic heterocycles. The van der Waals surface area contributed by atoms with Gasteiger partial charge in [-0.3, -0.25) is 0 Å². The molecule has 0 amide bonds. The molecule has 2 rings (SSSR count). The number of hydrogen-bond acceptors (Lipinski definition) is 5. The van der Waals surface area contributed by atoms with E-state index in [9.17, 15) is 8.42 Å². The van der Waals surface area contributed by atoms with Gasteiger partial charge in [0.25, 0.3) is 0 Å². The maximum Gasteiger partial charge on any atom is 0.243 e. The lowest BCUT2D eigenvalue weighted by Gasteiger charge is -2.28. The normalized spacial score (nSPS) is 24.3. The summed E-state index contributed by atoms with van der Waals surface area (Å²) in [5.41, 5.74) is 5.35. The highest BCUT2D eigenvalue weighted by atomic mass is 32.2. The maximum absolute atomic E-state index is 12.1. The molecule has 7 heteroatoms. The van der Waals surface area contributed by atoms with Crippen molar-refractivity contribution in [3.05, 3.63) is 12.4 Å². The van der Waals surface area contributed by atoms with Crippen molar-refractivity contribution in [3.8, 4) is 0 Å². The Balaban J connectivity index is 2.00. The number of hydrogen-bond donors (Lipinski definition) is 2. The molecule has 6 nitrogen and oxygen atoms in total. The number of nitrogens with one attached hydrogen (secondary N) is 1. The molecule has 1 aliphatic carbocycles. The van der Waals surface area contributed by atoms with E-state index in [0.717, 1.165) is 31.6 Å². The van der Waals surface area contributed by atoms with Gasteiger partial charge in [0.15, 0.2) is 0 Å². The molecule has 0 bridgehead atoms. The number of nitrogens with two attached hydrogens (primary N) is 1. The van der Waals surface area contributed by atoms with E-state index in [-0.39, 0.29) is 16.9 Å². The molecule has 1 heterocycles. The Bertz CT molecular complexity index is 507. The Morgan fingerprint density at radius 2 is 1.84 bits per heavy atom. The van der Waals surface area contributed by atoms with Crippen molar-refractivity contribution < 1.29 is 8.42 Å². The zero-order chi connectivity index (χ0) is 13.9. The predicted molar refractivity (Wildman–Crippen MR) is 72.8 cm³/mol. The summed E-state index contributed by atoms with van der Waals surface area (Å²) in [5.74, 6) is 0.808. The van der Waals surface area contributed by atoms with Crippen molar-refractivity contribution in [2.75, 3.05) is 5.73 Å². The second-order valence-electron chi connectivity index (χ2n) is 5.02. The summed E-state index contributed by atoms with van der Waals surface area (Å²) in [5, 5.41) is 0. The Hall–Kier alpha value is -1.21. The number of anilines is 1. The van der Waals surface area contributed by atoms with Crippen molar-refractivity contribution in [1.82, 2.24) is 14.7 Å². The minimum atomic E-state index is -3.53. The molecule has 0 spiro atoms. The highest BCUT2D eigenvalue weighted by molar-refractivity contribution is 7.89. The van der Waals surface area contributed by atoms with Crippen molar-refractivity contribution in [3.63, 3.8) is 0 Å². The Kier molecular flexibility index (Phi) is 4.36. The van der Waals surface area contributed by atoms with Gasteiger partial charge in [-0.2, -0.15) is 0 Å². The van der Waals surface area contributed by atoms with Crippen LogP contribution in [0.4, 0.5) is 5.95 Å². The Morgan fingerprint density at radius 3 is 2.37 bits per heavy atom. The molecule has 1 aromatic rings. The zero-order valence-electron chi connectivity index (χ0n) is 11.0. The monoisotopic (exact) mass is 284 g/mol. The summed E-state index contributed by atoms with van der Waals surface area (Å²) in [4.78, 5) is 7.49. The largest absolute Gasteiger partial charge is 0.368 e. The molecule has 1 aliphatic rings. The quantitative estimate of drug-likeness (QED) is 0.868. The van der Waals surface area contributed by atoms with Crippen LogP contribution in [-0.2, 0) is 10.0 Å². The number of aromatic nitrogens is 2. The SMILES string of the molecule is CCC1CCC(NS(=O)(=O)c2cnc(N)nc2)CC1. The lowest BCUT2D eigenvalue weighted by atomic mass is 9.85. The summed E-state index contributed by atoms with van der Waals surface area (Å²) in [6.45, 7) is 2.18. The number of rotatable bonds is 4. The van der Waals surface area contributed by atoms with Crippen LogP contribution in [0.1, 0.15) is 39.0 Å². The second-order valence-corrected chi connectivity index (χ2v) is 6.74. The van der Waals surface area contributed by atoms with E-state index in [2.05, 4.69) is 21.6 Å². The van der Waals surface area contributed by atoms with Gasteiger partial charge in [0.05, 0.1) is 12.4 Å². The van der Waals surface area contributed by atoms with Gasteiger partial charge >= 0.3 is 0 Å². The molecule has 0 unspecified atom stereocenters. The molecule has 0 radical (unpaired) electrons. The van der Waals surface area contributed by atoms with Crippen LogP contribution in [-0.4, -0.2) is 24.4 Å². The van der Waals surface area contributed by atoms with Crippen LogP contribution in [0.5, 0.6) is 0 Å². The average molecular weight is 284 g/mol. The summed E-state index contributed by atoms with van der Waals surface area (Å²) in [6.07, 6.45) is 7.61. The molecule has 1 fully saturated rings. The van der Waals surface area contributed by atoms with Crippen LogP contribution in [0.2, 0.25) is 0 Å². The van der Waals surface area contributed by atoms with Crippen molar-refractivity contribution in [1.29, 1.82) is 0 Å².